The number of thioether (sulfide) groups is 1. The van der Waals surface area contributed by atoms with Crippen LogP contribution in [0.5, 0.6) is 11.5 Å². The van der Waals surface area contributed by atoms with Crippen LogP contribution in [0.25, 0.3) is 6.08 Å². The van der Waals surface area contributed by atoms with Crippen molar-refractivity contribution >= 4 is 34.9 Å². The molecule has 2 fully saturated rings. The molecule has 1 aromatic rings. The van der Waals surface area contributed by atoms with E-state index in [1.807, 2.05) is 13.0 Å². The molecule has 2 aliphatic heterocycles. The van der Waals surface area contributed by atoms with Crippen LogP contribution in [0.15, 0.2) is 23.1 Å². The third-order valence-electron chi connectivity index (χ3n) is 5.16. The van der Waals surface area contributed by atoms with E-state index in [0.29, 0.717) is 42.7 Å². The fourth-order valence-electron chi connectivity index (χ4n) is 3.39. The normalized spacial score (nSPS) is 18.4. The van der Waals surface area contributed by atoms with Crippen LogP contribution < -0.4 is 9.47 Å². The van der Waals surface area contributed by atoms with Gasteiger partial charge >= 0.3 is 0 Å². The van der Waals surface area contributed by atoms with Crippen molar-refractivity contribution in [3.05, 3.63) is 28.7 Å². The lowest BCUT2D eigenvalue weighted by Crippen LogP contribution is -2.45. The number of benzene rings is 1. The number of imide groups is 1. The second-order valence-corrected chi connectivity index (χ2v) is 8.41. The molecule has 1 aromatic carbocycles. The van der Waals surface area contributed by atoms with Gasteiger partial charge in [0.05, 0.1) is 11.5 Å². The van der Waals surface area contributed by atoms with Gasteiger partial charge in [0.2, 0.25) is 5.91 Å². The standard InChI is InChI=1S/C22H25N3O5S/c1-3-29-18-12-16(4-5-17(18)30-11-8-23)13-19-21(27)25(22(28)31-19)14-20(26)24-9-6-15(2)7-10-24/h4-5,12-13,15H,3,6-7,9-11,14H2,1-2H3/b19-13-. The number of nitriles is 1. The molecule has 3 amide bonds. The second-order valence-electron chi connectivity index (χ2n) is 7.42. The third-order valence-corrected chi connectivity index (χ3v) is 6.07. The Morgan fingerprint density at radius 1 is 1.26 bits per heavy atom. The minimum atomic E-state index is -0.475. The number of piperidine rings is 1. The van der Waals surface area contributed by atoms with Crippen LogP contribution in [-0.4, -0.2) is 59.7 Å². The van der Waals surface area contributed by atoms with Crippen LogP contribution in [0.4, 0.5) is 4.79 Å². The smallest absolute Gasteiger partial charge is 0.294 e. The van der Waals surface area contributed by atoms with Gasteiger partial charge in [-0.15, -0.1) is 0 Å². The fourth-order valence-corrected chi connectivity index (χ4v) is 4.23. The average Bonchev–Trinajstić information content (AvgIpc) is 3.01. The molecule has 0 atom stereocenters. The van der Waals surface area contributed by atoms with Crippen molar-refractivity contribution in [2.24, 2.45) is 5.92 Å². The van der Waals surface area contributed by atoms with Gasteiger partial charge in [-0.3, -0.25) is 19.3 Å². The SMILES string of the molecule is CCOc1cc(/C=C2\SC(=O)N(CC(=O)N3CCC(C)CC3)C2=O)ccc1OCC#N. The van der Waals surface area contributed by atoms with Crippen LogP contribution in [-0.2, 0) is 9.59 Å². The Balaban J connectivity index is 1.71. The number of ether oxygens (including phenoxy) is 2. The molecule has 9 heteroatoms. The molecule has 2 aliphatic rings. The Bertz CT molecular complexity index is 932. The molecule has 2 heterocycles. The van der Waals surface area contributed by atoms with Gasteiger partial charge in [-0.05, 0) is 61.2 Å². The van der Waals surface area contributed by atoms with Gasteiger partial charge in [0.1, 0.15) is 12.6 Å². The predicted octanol–water partition coefficient (Wildman–Crippen LogP) is 3.28. The van der Waals surface area contributed by atoms with Crippen LogP contribution >= 0.6 is 11.8 Å². The number of amides is 3. The fraction of sp³-hybridized carbons (Fsp3) is 0.455. The Morgan fingerprint density at radius 3 is 2.68 bits per heavy atom. The van der Waals surface area contributed by atoms with E-state index >= 15 is 0 Å². The summed E-state index contributed by atoms with van der Waals surface area (Å²) < 4.78 is 10.9. The van der Waals surface area contributed by atoms with E-state index < -0.39 is 11.1 Å². The summed E-state index contributed by atoms with van der Waals surface area (Å²) in [5, 5.41) is 8.25. The molecule has 8 nitrogen and oxygen atoms in total. The summed E-state index contributed by atoms with van der Waals surface area (Å²) in [4.78, 5) is 40.7. The second kappa shape index (κ2) is 10.4. The first-order valence-electron chi connectivity index (χ1n) is 10.2. The molecule has 0 saturated carbocycles. The zero-order valence-electron chi connectivity index (χ0n) is 17.6. The van der Waals surface area contributed by atoms with Gasteiger partial charge in [-0.1, -0.05) is 13.0 Å². The van der Waals surface area contributed by atoms with Gasteiger partial charge in [-0.2, -0.15) is 5.26 Å². The van der Waals surface area contributed by atoms with Crippen LogP contribution in [0.3, 0.4) is 0 Å². The maximum atomic E-state index is 12.8. The summed E-state index contributed by atoms with van der Waals surface area (Å²) in [5.74, 6) is 0.780. The van der Waals surface area contributed by atoms with Crippen molar-refractivity contribution in [1.29, 1.82) is 5.26 Å². The van der Waals surface area contributed by atoms with Gasteiger partial charge in [-0.25, -0.2) is 0 Å². The lowest BCUT2D eigenvalue weighted by Gasteiger charge is -2.31. The van der Waals surface area contributed by atoms with Crippen LogP contribution in [0, 0.1) is 17.2 Å². The van der Waals surface area contributed by atoms with E-state index in [1.54, 1.807) is 29.2 Å². The topological polar surface area (TPSA) is 99.9 Å². The number of likely N-dealkylation sites (tertiary alicyclic amines) is 1. The Hall–Kier alpha value is -2.99. The molecule has 0 N–H and O–H groups in total. The zero-order valence-corrected chi connectivity index (χ0v) is 18.4. The summed E-state index contributed by atoms with van der Waals surface area (Å²) in [7, 11) is 0. The highest BCUT2D eigenvalue weighted by Crippen LogP contribution is 2.34. The van der Waals surface area contributed by atoms with Crippen molar-refractivity contribution in [3.63, 3.8) is 0 Å². The molecule has 0 bridgehead atoms. The lowest BCUT2D eigenvalue weighted by molar-refractivity contribution is -0.136. The molecular weight excluding hydrogens is 418 g/mol. The highest BCUT2D eigenvalue weighted by atomic mass is 32.2. The Labute approximate surface area is 185 Å². The largest absolute Gasteiger partial charge is 0.490 e. The van der Waals surface area contributed by atoms with Crippen molar-refractivity contribution in [2.45, 2.75) is 26.7 Å². The van der Waals surface area contributed by atoms with Crippen LogP contribution in [0.2, 0.25) is 0 Å². The molecule has 2 saturated heterocycles. The number of rotatable bonds is 7. The lowest BCUT2D eigenvalue weighted by atomic mass is 9.99. The molecular formula is C22H25N3O5S. The Kier molecular flexibility index (Phi) is 7.58. The highest BCUT2D eigenvalue weighted by Gasteiger charge is 2.37. The van der Waals surface area contributed by atoms with Crippen molar-refractivity contribution in [1.82, 2.24) is 9.80 Å². The van der Waals surface area contributed by atoms with Gasteiger partial charge < -0.3 is 14.4 Å². The quantitative estimate of drug-likeness (QED) is 0.596. The van der Waals surface area contributed by atoms with Crippen molar-refractivity contribution < 1.29 is 23.9 Å². The maximum Gasteiger partial charge on any atom is 0.294 e. The number of nitrogens with zero attached hydrogens (tertiary/aromatic N) is 3. The summed E-state index contributed by atoms with van der Waals surface area (Å²) in [6.07, 6.45) is 3.46. The first-order chi connectivity index (χ1) is 14.9. The highest BCUT2D eigenvalue weighted by molar-refractivity contribution is 8.18. The van der Waals surface area contributed by atoms with E-state index in [4.69, 9.17) is 14.7 Å². The molecule has 31 heavy (non-hydrogen) atoms. The molecule has 0 spiro atoms. The predicted molar refractivity (Wildman–Crippen MR) is 116 cm³/mol. The molecule has 0 aliphatic carbocycles. The molecule has 0 unspecified atom stereocenters. The summed E-state index contributed by atoms with van der Waals surface area (Å²) in [6, 6.07) is 6.95. The van der Waals surface area contributed by atoms with E-state index in [2.05, 4.69) is 6.92 Å². The van der Waals surface area contributed by atoms with Crippen molar-refractivity contribution in [2.75, 3.05) is 32.8 Å². The Morgan fingerprint density at radius 2 is 2.00 bits per heavy atom. The number of carbonyl (C=O) groups is 3. The van der Waals surface area contributed by atoms with Crippen molar-refractivity contribution in [3.8, 4) is 17.6 Å². The number of carbonyl (C=O) groups excluding carboxylic acids is 3. The minimum Gasteiger partial charge on any atom is -0.490 e. The van der Waals surface area contributed by atoms with Gasteiger partial charge in [0.25, 0.3) is 11.1 Å². The summed E-state index contributed by atoms with van der Waals surface area (Å²) in [6.45, 7) is 5.36. The molecule has 164 valence electrons. The first-order valence-corrected chi connectivity index (χ1v) is 11.0. The molecule has 0 aromatic heterocycles. The molecule has 0 radical (unpaired) electrons. The van der Waals surface area contributed by atoms with Gasteiger partial charge in [0.15, 0.2) is 18.1 Å². The van der Waals surface area contributed by atoms with E-state index in [9.17, 15) is 14.4 Å². The zero-order chi connectivity index (χ0) is 22.4. The summed E-state index contributed by atoms with van der Waals surface area (Å²) >= 11 is 0.816. The minimum absolute atomic E-state index is 0.109. The monoisotopic (exact) mass is 443 g/mol. The van der Waals surface area contributed by atoms with E-state index in [-0.39, 0.29) is 24.0 Å². The number of hydrogen-bond donors (Lipinski definition) is 0. The van der Waals surface area contributed by atoms with Gasteiger partial charge in [0, 0.05) is 13.1 Å². The van der Waals surface area contributed by atoms with E-state index in [1.165, 1.54) is 0 Å². The van der Waals surface area contributed by atoms with E-state index in [0.717, 1.165) is 29.5 Å². The average molecular weight is 444 g/mol. The van der Waals surface area contributed by atoms with Crippen LogP contribution in [0.1, 0.15) is 32.3 Å². The first kappa shape index (κ1) is 22.7. The molecule has 3 rings (SSSR count). The maximum absolute atomic E-state index is 12.8. The summed E-state index contributed by atoms with van der Waals surface area (Å²) in [5.41, 5.74) is 0.648. The number of hydrogen-bond acceptors (Lipinski definition) is 7. The third kappa shape index (κ3) is 5.58.